The molecule has 2 heterocycles. The van der Waals surface area contributed by atoms with E-state index in [1.54, 1.807) is 12.1 Å². The minimum atomic E-state index is -0.517. The van der Waals surface area contributed by atoms with Crippen LogP contribution in [0.2, 0.25) is 0 Å². The SMILES string of the molecule is CC.CC.Cc1ccc2c(C)cc(C)c(OC(=O)c3ccco3)c2n1. The van der Waals surface area contributed by atoms with Gasteiger partial charge in [0.2, 0.25) is 5.76 Å². The van der Waals surface area contributed by atoms with Gasteiger partial charge in [0.25, 0.3) is 0 Å². The number of furan rings is 1. The maximum Gasteiger partial charge on any atom is 0.379 e. The summed E-state index contributed by atoms with van der Waals surface area (Å²) in [6.45, 7) is 13.8. The van der Waals surface area contributed by atoms with E-state index >= 15 is 0 Å². The third kappa shape index (κ3) is 4.69. The lowest BCUT2D eigenvalue weighted by molar-refractivity contribution is 0.0702. The Morgan fingerprint density at radius 2 is 1.68 bits per heavy atom. The lowest BCUT2D eigenvalue weighted by Gasteiger charge is -2.12. The highest BCUT2D eigenvalue weighted by Crippen LogP contribution is 2.31. The fraction of sp³-hybridized carbons (Fsp3) is 0.333. The number of ether oxygens (including phenoxy) is 1. The van der Waals surface area contributed by atoms with Gasteiger partial charge in [-0.05, 0) is 50.1 Å². The second-order valence-electron chi connectivity index (χ2n) is 5.06. The topological polar surface area (TPSA) is 52.3 Å². The van der Waals surface area contributed by atoms with E-state index in [0.29, 0.717) is 11.3 Å². The molecule has 134 valence electrons. The molecule has 0 radical (unpaired) electrons. The minimum Gasteiger partial charge on any atom is -0.457 e. The van der Waals surface area contributed by atoms with Gasteiger partial charge >= 0.3 is 5.97 Å². The van der Waals surface area contributed by atoms with Crippen LogP contribution in [0, 0.1) is 20.8 Å². The van der Waals surface area contributed by atoms with E-state index in [1.807, 2.05) is 66.7 Å². The maximum atomic E-state index is 12.1. The summed E-state index contributed by atoms with van der Waals surface area (Å²) in [6, 6.07) is 9.16. The van der Waals surface area contributed by atoms with Crippen molar-refractivity contribution in [3.8, 4) is 5.75 Å². The Kier molecular flexibility index (Phi) is 7.86. The van der Waals surface area contributed by atoms with E-state index in [2.05, 4.69) is 4.98 Å². The molecule has 0 aliphatic heterocycles. The fourth-order valence-corrected chi connectivity index (χ4v) is 2.37. The van der Waals surface area contributed by atoms with Crippen LogP contribution in [0.1, 0.15) is 55.1 Å². The molecule has 4 nitrogen and oxygen atoms in total. The number of carbonyl (C=O) groups is 1. The number of hydrogen-bond acceptors (Lipinski definition) is 4. The van der Waals surface area contributed by atoms with Crippen molar-refractivity contribution in [2.45, 2.75) is 48.5 Å². The summed E-state index contributed by atoms with van der Waals surface area (Å²) < 4.78 is 10.6. The Morgan fingerprint density at radius 3 is 2.28 bits per heavy atom. The van der Waals surface area contributed by atoms with Crippen molar-refractivity contribution in [1.29, 1.82) is 0 Å². The highest BCUT2D eigenvalue weighted by atomic mass is 16.5. The van der Waals surface area contributed by atoms with Gasteiger partial charge in [0.15, 0.2) is 5.75 Å². The molecule has 0 fully saturated rings. The molecule has 0 N–H and O–H groups in total. The van der Waals surface area contributed by atoms with Gasteiger partial charge in [-0.25, -0.2) is 9.78 Å². The van der Waals surface area contributed by atoms with E-state index in [-0.39, 0.29) is 5.76 Å². The summed E-state index contributed by atoms with van der Waals surface area (Å²) >= 11 is 0. The van der Waals surface area contributed by atoms with Crippen LogP contribution < -0.4 is 4.74 Å². The van der Waals surface area contributed by atoms with Gasteiger partial charge in [0.05, 0.1) is 6.26 Å². The molecule has 0 amide bonds. The van der Waals surface area contributed by atoms with E-state index in [0.717, 1.165) is 22.2 Å². The Bertz CT molecular complexity index is 821. The van der Waals surface area contributed by atoms with E-state index < -0.39 is 5.97 Å². The van der Waals surface area contributed by atoms with Crippen LogP contribution in [0.15, 0.2) is 41.0 Å². The van der Waals surface area contributed by atoms with Crippen molar-refractivity contribution in [3.63, 3.8) is 0 Å². The number of hydrogen-bond donors (Lipinski definition) is 0. The first-order valence-corrected chi connectivity index (χ1v) is 8.69. The van der Waals surface area contributed by atoms with Crippen molar-refractivity contribution in [1.82, 2.24) is 4.98 Å². The molecule has 0 spiro atoms. The van der Waals surface area contributed by atoms with Gasteiger partial charge in [0.1, 0.15) is 5.52 Å². The zero-order valence-electron chi connectivity index (χ0n) is 16.1. The van der Waals surface area contributed by atoms with Crippen molar-refractivity contribution >= 4 is 16.9 Å². The highest BCUT2D eigenvalue weighted by molar-refractivity contribution is 5.94. The Balaban J connectivity index is 0.000000730. The second-order valence-corrected chi connectivity index (χ2v) is 5.06. The number of fused-ring (bicyclic) bond motifs is 1. The maximum absolute atomic E-state index is 12.1. The van der Waals surface area contributed by atoms with Crippen molar-refractivity contribution in [2.75, 3.05) is 0 Å². The summed E-state index contributed by atoms with van der Waals surface area (Å²) in [6.07, 6.45) is 1.44. The lowest BCUT2D eigenvalue weighted by Crippen LogP contribution is -2.09. The number of rotatable bonds is 2. The summed E-state index contributed by atoms with van der Waals surface area (Å²) in [7, 11) is 0. The van der Waals surface area contributed by atoms with Crippen molar-refractivity contribution < 1.29 is 13.9 Å². The summed E-state index contributed by atoms with van der Waals surface area (Å²) in [4.78, 5) is 16.6. The molecule has 2 aromatic heterocycles. The average Bonchev–Trinajstić information content (AvgIpc) is 3.16. The second kappa shape index (κ2) is 9.62. The van der Waals surface area contributed by atoms with Crippen LogP contribution in [-0.2, 0) is 0 Å². The van der Waals surface area contributed by atoms with Crippen LogP contribution in [0.4, 0.5) is 0 Å². The number of pyridine rings is 1. The molecule has 0 saturated heterocycles. The van der Waals surface area contributed by atoms with E-state index in [4.69, 9.17) is 9.15 Å². The predicted molar refractivity (Wildman–Crippen MR) is 102 cm³/mol. The first-order chi connectivity index (χ1) is 12.1. The minimum absolute atomic E-state index is 0.177. The molecule has 25 heavy (non-hydrogen) atoms. The van der Waals surface area contributed by atoms with Gasteiger partial charge in [0, 0.05) is 11.1 Å². The first kappa shape index (κ1) is 20.4. The standard InChI is InChI=1S/C17H15NO3.2C2H6/c1-10-9-11(2)16(15-13(10)7-6-12(3)18-15)21-17(19)14-5-4-8-20-14;2*1-2/h4-9H,1-3H3;2*1-2H3. The summed E-state index contributed by atoms with van der Waals surface area (Å²) in [5.74, 6) is 0.146. The molecule has 0 atom stereocenters. The highest BCUT2D eigenvalue weighted by Gasteiger charge is 2.17. The molecule has 0 aliphatic rings. The molecule has 0 unspecified atom stereocenters. The number of aromatic nitrogens is 1. The lowest BCUT2D eigenvalue weighted by atomic mass is 10.0. The quantitative estimate of drug-likeness (QED) is 0.422. The zero-order chi connectivity index (χ0) is 19.0. The normalized spacial score (nSPS) is 9.56. The fourth-order valence-electron chi connectivity index (χ4n) is 2.37. The van der Waals surface area contributed by atoms with Crippen LogP contribution in [-0.4, -0.2) is 11.0 Å². The van der Waals surface area contributed by atoms with Crippen molar-refractivity contribution in [3.05, 3.63) is 59.2 Å². The average molecular weight is 341 g/mol. The molecular formula is C21H27NO3. The van der Waals surface area contributed by atoms with Gasteiger partial charge in [-0.15, -0.1) is 0 Å². The smallest absolute Gasteiger partial charge is 0.379 e. The Labute approximate surface area is 149 Å². The first-order valence-electron chi connectivity index (χ1n) is 8.69. The predicted octanol–water partition coefficient (Wildman–Crippen LogP) is 6.02. The van der Waals surface area contributed by atoms with E-state index in [1.165, 1.54) is 6.26 Å². The molecule has 1 aromatic carbocycles. The summed E-state index contributed by atoms with van der Waals surface area (Å²) in [5, 5.41) is 0.980. The monoisotopic (exact) mass is 341 g/mol. The molecule has 3 aromatic rings. The number of esters is 1. The zero-order valence-corrected chi connectivity index (χ0v) is 16.1. The largest absolute Gasteiger partial charge is 0.457 e. The third-order valence-corrected chi connectivity index (χ3v) is 3.38. The van der Waals surface area contributed by atoms with Crippen LogP contribution in [0.25, 0.3) is 10.9 Å². The van der Waals surface area contributed by atoms with Gasteiger partial charge < -0.3 is 9.15 Å². The summed E-state index contributed by atoms with van der Waals surface area (Å²) in [5.41, 5.74) is 3.56. The van der Waals surface area contributed by atoms with Crippen LogP contribution >= 0.6 is 0 Å². The number of aryl methyl sites for hydroxylation is 3. The molecule has 0 aliphatic carbocycles. The molecule has 0 saturated carbocycles. The van der Waals surface area contributed by atoms with Gasteiger partial charge in [-0.2, -0.15) is 0 Å². The van der Waals surface area contributed by atoms with Gasteiger partial charge in [-0.1, -0.05) is 39.8 Å². The number of carbonyl (C=O) groups excluding carboxylic acids is 1. The Hall–Kier alpha value is -2.62. The van der Waals surface area contributed by atoms with Crippen LogP contribution in [0.5, 0.6) is 5.75 Å². The molecule has 4 heteroatoms. The number of nitrogens with zero attached hydrogens (tertiary/aromatic N) is 1. The molecular weight excluding hydrogens is 314 g/mol. The Morgan fingerprint density at radius 1 is 1.00 bits per heavy atom. The van der Waals surface area contributed by atoms with Crippen LogP contribution in [0.3, 0.4) is 0 Å². The molecule has 3 rings (SSSR count). The van der Waals surface area contributed by atoms with E-state index in [9.17, 15) is 4.79 Å². The molecule has 0 bridgehead atoms. The van der Waals surface area contributed by atoms with Gasteiger partial charge in [-0.3, -0.25) is 0 Å². The number of benzene rings is 1. The third-order valence-electron chi connectivity index (χ3n) is 3.38. The van der Waals surface area contributed by atoms with Crippen molar-refractivity contribution in [2.24, 2.45) is 0 Å².